The number of nitrogens with one attached hydrogen (secondary N) is 1. The number of halogens is 1. The average Bonchev–Trinajstić information content (AvgIpc) is 2.54. The van der Waals surface area contributed by atoms with Crippen LogP contribution in [0.3, 0.4) is 0 Å². The molecule has 0 saturated heterocycles. The number of methoxy groups -OCH3 is 1. The van der Waals surface area contributed by atoms with Gasteiger partial charge < -0.3 is 14.8 Å². The summed E-state index contributed by atoms with van der Waals surface area (Å²) in [6.07, 6.45) is 0. The molecule has 7 nitrogen and oxygen atoms in total. The predicted octanol–water partition coefficient (Wildman–Crippen LogP) is 1.49. The van der Waals surface area contributed by atoms with Crippen LogP contribution in [0, 0.1) is 5.92 Å². The molecular formula is C16H19BrN2O5. The van der Waals surface area contributed by atoms with E-state index in [0.29, 0.717) is 11.4 Å². The van der Waals surface area contributed by atoms with Gasteiger partial charge in [-0.2, -0.15) is 0 Å². The Labute approximate surface area is 148 Å². The maximum atomic E-state index is 12.3. The van der Waals surface area contributed by atoms with Gasteiger partial charge in [-0.1, -0.05) is 29.8 Å². The molecule has 1 aliphatic heterocycles. The normalized spacial score (nSPS) is 14.7. The molecule has 1 aromatic rings. The fourth-order valence-corrected chi connectivity index (χ4v) is 2.68. The number of fused-ring (bicyclic) bond motifs is 1. The minimum atomic E-state index is -0.761. The van der Waals surface area contributed by atoms with E-state index in [4.69, 9.17) is 9.47 Å². The van der Waals surface area contributed by atoms with Crippen molar-refractivity contribution in [2.45, 2.75) is 19.9 Å². The van der Waals surface area contributed by atoms with Crippen LogP contribution in [-0.4, -0.2) is 44.1 Å². The molecule has 0 aromatic heterocycles. The monoisotopic (exact) mass is 398 g/mol. The van der Waals surface area contributed by atoms with Crippen molar-refractivity contribution < 1.29 is 23.9 Å². The topological polar surface area (TPSA) is 84.9 Å². The van der Waals surface area contributed by atoms with Crippen LogP contribution in [0.5, 0.6) is 5.75 Å². The molecule has 0 bridgehead atoms. The molecule has 1 heterocycles. The summed E-state index contributed by atoms with van der Waals surface area (Å²) in [4.78, 5) is 37.5. The molecule has 0 spiro atoms. The van der Waals surface area contributed by atoms with Crippen LogP contribution < -0.4 is 15.0 Å². The van der Waals surface area contributed by atoms with Crippen LogP contribution >= 0.6 is 15.9 Å². The lowest BCUT2D eigenvalue weighted by molar-refractivity contribution is -0.146. The summed E-state index contributed by atoms with van der Waals surface area (Å²) in [6, 6.07) is 4.43. The number of carbonyl (C=O) groups is 3. The predicted molar refractivity (Wildman–Crippen MR) is 90.8 cm³/mol. The van der Waals surface area contributed by atoms with Gasteiger partial charge in [-0.25, -0.2) is 4.79 Å². The highest BCUT2D eigenvalue weighted by Gasteiger charge is 2.30. The Morgan fingerprint density at radius 1 is 1.42 bits per heavy atom. The van der Waals surface area contributed by atoms with E-state index in [1.54, 1.807) is 32.0 Å². The standard InChI is InChI=1S/C16H19BrN2O5/c1-9(2)15(16(22)23-3)18-13(20)7-19-11-5-4-10(17)6-12(11)24-8-14(19)21/h4-6,9,15H,7-8H2,1-3H3,(H,18,20)/t15-/m0/s1. The number of ether oxygens (including phenoxy) is 2. The van der Waals surface area contributed by atoms with Crippen molar-refractivity contribution in [3.8, 4) is 5.75 Å². The van der Waals surface area contributed by atoms with Gasteiger partial charge in [0.05, 0.1) is 12.8 Å². The third-order valence-corrected chi connectivity index (χ3v) is 4.10. The van der Waals surface area contributed by atoms with Gasteiger partial charge in [-0.15, -0.1) is 0 Å². The van der Waals surface area contributed by atoms with E-state index in [-0.39, 0.29) is 25.0 Å². The highest BCUT2D eigenvalue weighted by atomic mass is 79.9. The SMILES string of the molecule is COC(=O)[C@@H](NC(=O)CN1C(=O)COc2cc(Br)ccc21)C(C)C. The zero-order chi connectivity index (χ0) is 17.9. The van der Waals surface area contributed by atoms with E-state index < -0.39 is 17.9 Å². The molecule has 0 saturated carbocycles. The molecule has 24 heavy (non-hydrogen) atoms. The number of hydrogen-bond acceptors (Lipinski definition) is 5. The van der Waals surface area contributed by atoms with Gasteiger partial charge in [0.2, 0.25) is 5.91 Å². The second kappa shape index (κ2) is 7.65. The Hall–Kier alpha value is -2.09. The smallest absolute Gasteiger partial charge is 0.328 e. The van der Waals surface area contributed by atoms with Crippen LogP contribution in [-0.2, 0) is 19.1 Å². The minimum absolute atomic E-state index is 0.134. The molecule has 0 fully saturated rings. The average molecular weight is 399 g/mol. The lowest BCUT2D eigenvalue weighted by Crippen LogP contribution is -2.51. The Morgan fingerprint density at radius 3 is 2.75 bits per heavy atom. The van der Waals surface area contributed by atoms with Crippen molar-refractivity contribution in [2.24, 2.45) is 5.92 Å². The Morgan fingerprint density at radius 2 is 2.12 bits per heavy atom. The van der Waals surface area contributed by atoms with Gasteiger partial charge in [0.15, 0.2) is 6.61 Å². The molecule has 8 heteroatoms. The molecule has 0 unspecified atom stereocenters. The molecule has 1 aromatic carbocycles. The van der Waals surface area contributed by atoms with Crippen molar-refractivity contribution in [2.75, 3.05) is 25.2 Å². The van der Waals surface area contributed by atoms with Crippen LogP contribution in [0.4, 0.5) is 5.69 Å². The number of anilines is 1. The molecular weight excluding hydrogens is 380 g/mol. The third kappa shape index (κ3) is 4.05. The van der Waals surface area contributed by atoms with Crippen molar-refractivity contribution in [3.05, 3.63) is 22.7 Å². The quantitative estimate of drug-likeness (QED) is 0.759. The number of benzene rings is 1. The molecule has 0 radical (unpaired) electrons. The summed E-state index contributed by atoms with van der Waals surface area (Å²) in [5.41, 5.74) is 0.517. The van der Waals surface area contributed by atoms with Crippen LogP contribution in [0.25, 0.3) is 0 Å². The van der Waals surface area contributed by atoms with Crippen molar-refractivity contribution in [1.82, 2.24) is 5.32 Å². The van der Waals surface area contributed by atoms with E-state index in [1.807, 2.05) is 0 Å². The molecule has 2 rings (SSSR count). The van der Waals surface area contributed by atoms with Crippen LogP contribution in [0.1, 0.15) is 13.8 Å². The van der Waals surface area contributed by atoms with Gasteiger partial charge in [-0.05, 0) is 24.1 Å². The summed E-state index contributed by atoms with van der Waals surface area (Å²) < 4.78 is 10.9. The van der Waals surface area contributed by atoms with E-state index in [9.17, 15) is 14.4 Å². The second-order valence-electron chi connectivity index (χ2n) is 5.69. The Kier molecular flexibility index (Phi) is 5.82. The number of hydrogen-bond donors (Lipinski definition) is 1. The van der Waals surface area contributed by atoms with Gasteiger partial charge in [-0.3, -0.25) is 14.5 Å². The van der Waals surface area contributed by atoms with E-state index >= 15 is 0 Å². The van der Waals surface area contributed by atoms with Gasteiger partial charge >= 0.3 is 5.97 Å². The number of amides is 2. The van der Waals surface area contributed by atoms with Crippen molar-refractivity contribution >= 4 is 39.4 Å². The first-order valence-electron chi connectivity index (χ1n) is 7.43. The van der Waals surface area contributed by atoms with E-state index in [1.165, 1.54) is 12.0 Å². The van der Waals surface area contributed by atoms with Crippen LogP contribution in [0.15, 0.2) is 22.7 Å². The number of nitrogens with zero attached hydrogens (tertiary/aromatic N) is 1. The Balaban J connectivity index is 2.14. The molecule has 130 valence electrons. The maximum absolute atomic E-state index is 12.3. The summed E-state index contributed by atoms with van der Waals surface area (Å²) in [7, 11) is 1.27. The lowest BCUT2D eigenvalue weighted by atomic mass is 10.0. The zero-order valence-electron chi connectivity index (χ0n) is 13.7. The number of esters is 1. The van der Waals surface area contributed by atoms with Crippen LogP contribution in [0.2, 0.25) is 0 Å². The lowest BCUT2D eigenvalue weighted by Gasteiger charge is -2.29. The second-order valence-corrected chi connectivity index (χ2v) is 6.61. The summed E-state index contributed by atoms with van der Waals surface area (Å²) in [6.45, 7) is 3.27. The minimum Gasteiger partial charge on any atom is -0.482 e. The molecule has 0 aliphatic carbocycles. The highest BCUT2D eigenvalue weighted by Crippen LogP contribution is 2.34. The first-order valence-corrected chi connectivity index (χ1v) is 8.22. The molecule has 1 aliphatic rings. The maximum Gasteiger partial charge on any atom is 0.328 e. The van der Waals surface area contributed by atoms with E-state index in [2.05, 4.69) is 21.2 Å². The summed E-state index contributed by atoms with van der Waals surface area (Å²) >= 11 is 3.33. The van der Waals surface area contributed by atoms with Gasteiger partial charge in [0.25, 0.3) is 5.91 Å². The fraction of sp³-hybridized carbons (Fsp3) is 0.438. The van der Waals surface area contributed by atoms with Gasteiger partial charge in [0.1, 0.15) is 18.3 Å². The molecule has 1 N–H and O–H groups in total. The van der Waals surface area contributed by atoms with E-state index in [0.717, 1.165) is 4.47 Å². The molecule has 1 atom stereocenters. The molecule has 2 amide bonds. The third-order valence-electron chi connectivity index (χ3n) is 3.60. The summed E-state index contributed by atoms with van der Waals surface area (Å²) in [5, 5.41) is 2.62. The summed E-state index contributed by atoms with van der Waals surface area (Å²) in [5.74, 6) is -0.895. The van der Waals surface area contributed by atoms with Gasteiger partial charge in [0, 0.05) is 4.47 Å². The first-order chi connectivity index (χ1) is 11.3. The number of carbonyl (C=O) groups excluding carboxylic acids is 3. The fourth-order valence-electron chi connectivity index (χ4n) is 2.34. The largest absolute Gasteiger partial charge is 0.482 e. The zero-order valence-corrected chi connectivity index (χ0v) is 15.3. The van der Waals surface area contributed by atoms with Crippen molar-refractivity contribution in [1.29, 1.82) is 0 Å². The Bertz CT molecular complexity index is 662. The first kappa shape index (κ1) is 18.3. The van der Waals surface area contributed by atoms with Crippen molar-refractivity contribution in [3.63, 3.8) is 0 Å². The highest BCUT2D eigenvalue weighted by molar-refractivity contribution is 9.10. The number of rotatable bonds is 5.